The lowest BCUT2D eigenvalue weighted by molar-refractivity contribution is -0.869. The van der Waals surface area contributed by atoms with Gasteiger partial charge in [-0.1, -0.05) is 6.07 Å². The van der Waals surface area contributed by atoms with Crippen LogP contribution in [0.4, 0.5) is 5.69 Å². The van der Waals surface area contributed by atoms with Crippen molar-refractivity contribution in [1.29, 1.82) is 0 Å². The molecule has 0 spiro atoms. The molecular weight excluding hydrogens is 238 g/mol. The Bertz CT molecular complexity index is 478. The highest BCUT2D eigenvalue weighted by molar-refractivity contribution is 7.89. The van der Waals surface area contributed by atoms with Gasteiger partial charge in [-0.25, -0.2) is 13.1 Å². The fourth-order valence-electron chi connectivity index (χ4n) is 1.28. The van der Waals surface area contributed by atoms with Crippen molar-refractivity contribution in [1.82, 2.24) is 4.72 Å². The van der Waals surface area contributed by atoms with Crippen molar-refractivity contribution in [2.45, 2.75) is 4.90 Å². The number of nitrogens with zero attached hydrogens (tertiary/aromatic N) is 1. The number of likely N-dealkylation sites (N-methyl/N-ethyl adjacent to an activating group) is 1. The second-order valence-electron chi connectivity index (χ2n) is 4.98. The van der Waals surface area contributed by atoms with Crippen molar-refractivity contribution in [2.24, 2.45) is 0 Å². The highest BCUT2D eigenvalue weighted by Gasteiger charge is 2.15. The lowest BCUT2D eigenvalue weighted by Crippen LogP contribution is -2.41. The van der Waals surface area contributed by atoms with Crippen LogP contribution in [0.3, 0.4) is 0 Å². The van der Waals surface area contributed by atoms with Crippen LogP contribution >= 0.6 is 0 Å². The van der Waals surface area contributed by atoms with Gasteiger partial charge in [-0.3, -0.25) is 0 Å². The molecule has 0 heterocycles. The maximum Gasteiger partial charge on any atom is 0.240 e. The fourth-order valence-corrected chi connectivity index (χ4v) is 2.36. The molecule has 0 aromatic heterocycles. The Morgan fingerprint density at radius 2 is 1.94 bits per heavy atom. The summed E-state index contributed by atoms with van der Waals surface area (Å²) in [5.74, 6) is 0. The number of anilines is 1. The first kappa shape index (κ1) is 14.0. The van der Waals surface area contributed by atoms with E-state index in [1.165, 1.54) is 12.1 Å². The number of nitrogens with one attached hydrogen (secondary N) is 1. The molecule has 0 bridgehead atoms. The molecule has 96 valence electrons. The van der Waals surface area contributed by atoms with Crippen molar-refractivity contribution in [3.8, 4) is 0 Å². The van der Waals surface area contributed by atoms with E-state index in [1.54, 1.807) is 12.1 Å². The maximum atomic E-state index is 11.9. The van der Waals surface area contributed by atoms with Gasteiger partial charge in [0.05, 0.1) is 39.1 Å². The highest BCUT2D eigenvalue weighted by atomic mass is 32.2. The van der Waals surface area contributed by atoms with E-state index in [0.717, 1.165) is 6.54 Å². The van der Waals surface area contributed by atoms with Gasteiger partial charge in [-0.2, -0.15) is 0 Å². The molecule has 1 rings (SSSR count). The topological polar surface area (TPSA) is 72.2 Å². The van der Waals surface area contributed by atoms with Crippen molar-refractivity contribution < 1.29 is 12.9 Å². The molecule has 1 aromatic rings. The average molecular weight is 258 g/mol. The Morgan fingerprint density at radius 3 is 2.47 bits per heavy atom. The molecule has 0 atom stereocenters. The lowest BCUT2D eigenvalue weighted by atomic mass is 10.3. The zero-order valence-corrected chi connectivity index (χ0v) is 11.3. The third-order valence-corrected chi connectivity index (χ3v) is 3.70. The molecule has 0 aliphatic carbocycles. The zero-order chi connectivity index (χ0) is 13.1. The van der Waals surface area contributed by atoms with Crippen molar-refractivity contribution >= 4 is 15.7 Å². The highest BCUT2D eigenvalue weighted by Crippen LogP contribution is 2.12. The van der Waals surface area contributed by atoms with E-state index in [1.807, 2.05) is 21.1 Å². The summed E-state index contributed by atoms with van der Waals surface area (Å²) in [6, 6.07) is 6.27. The molecule has 3 N–H and O–H groups in total. The minimum atomic E-state index is -3.45. The third-order valence-electron chi connectivity index (χ3n) is 2.24. The van der Waals surface area contributed by atoms with E-state index in [2.05, 4.69) is 4.72 Å². The Hall–Kier alpha value is -1.11. The van der Waals surface area contributed by atoms with Crippen LogP contribution in [0.2, 0.25) is 0 Å². The molecule has 0 fully saturated rings. The van der Waals surface area contributed by atoms with Gasteiger partial charge in [0.15, 0.2) is 0 Å². The van der Waals surface area contributed by atoms with Crippen molar-refractivity contribution in [3.63, 3.8) is 0 Å². The number of sulfonamides is 1. The maximum absolute atomic E-state index is 11.9. The first-order chi connectivity index (χ1) is 7.71. The average Bonchev–Trinajstić information content (AvgIpc) is 2.15. The number of rotatable bonds is 5. The van der Waals surface area contributed by atoms with Crippen LogP contribution in [0.25, 0.3) is 0 Å². The van der Waals surface area contributed by atoms with E-state index in [4.69, 9.17) is 5.73 Å². The van der Waals surface area contributed by atoms with E-state index in [9.17, 15) is 8.42 Å². The first-order valence-corrected chi connectivity index (χ1v) is 6.85. The third kappa shape index (κ3) is 4.72. The number of hydrogen-bond donors (Lipinski definition) is 2. The number of hydrogen-bond acceptors (Lipinski definition) is 3. The van der Waals surface area contributed by atoms with Gasteiger partial charge in [-0.15, -0.1) is 0 Å². The predicted molar refractivity (Wildman–Crippen MR) is 68.9 cm³/mol. The molecular formula is C11H20N3O2S+. The summed E-state index contributed by atoms with van der Waals surface area (Å²) in [7, 11) is 2.58. The molecule has 0 aliphatic heterocycles. The number of quaternary nitrogens is 1. The van der Waals surface area contributed by atoms with E-state index in [-0.39, 0.29) is 4.90 Å². The Morgan fingerprint density at radius 1 is 1.29 bits per heavy atom. The van der Waals surface area contributed by atoms with E-state index in [0.29, 0.717) is 16.7 Å². The molecule has 0 unspecified atom stereocenters. The summed E-state index contributed by atoms with van der Waals surface area (Å²) in [4.78, 5) is 0.207. The van der Waals surface area contributed by atoms with Crippen LogP contribution in [-0.4, -0.2) is 47.1 Å². The monoisotopic (exact) mass is 258 g/mol. The normalized spacial score (nSPS) is 12.6. The Kier molecular flexibility index (Phi) is 4.13. The van der Waals surface area contributed by atoms with Crippen LogP contribution in [-0.2, 0) is 10.0 Å². The summed E-state index contributed by atoms with van der Waals surface area (Å²) >= 11 is 0. The molecule has 0 saturated carbocycles. The standard InChI is InChI=1S/C11H20N3O2S/c1-14(2,3)8-7-13-17(15,16)11-6-4-5-10(12)9-11/h4-6,9,13H,7-8,12H2,1-3H3/q+1. The number of nitrogen functional groups attached to an aromatic ring is 1. The molecule has 17 heavy (non-hydrogen) atoms. The molecule has 5 nitrogen and oxygen atoms in total. The first-order valence-electron chi connectivity index (χ1n) is 5.36. The van der Waals surface area contributed by atoms with Crippen LogP contribution in [0, 0.1) is 0 Å². The van der Waals surface area contributed by atoms with Crippen molar-refractivity contribution in [3.05, 3.63) is 24.3 Å². The summed E-state index contributed by atoms with van der Waals surface area (Å²) in [6.45, 7) is 1.13. The van der Waals surface area contributed by atoms with E-state index < -0.39 is 10.0 Å². The fraction of sp³-hybridized carbons (Fsp3) is 0.455. The van der Waals surface area contributed by atoms with Crippen LogP contribution < -0.4 is 10.5 Å². The van der Waals surface area contributed by atoms with Gasteiger partial charge in [0.2, 0.25) is 10.0 Å². The minimum absolute atomic E-state index is 0.207. The van der Waals surface area contributed by atoms with Crippen LogP contribution in [0.1, 0.15) is 0 Å². The molecule has 0 amide bonds. The quantitative estimate of drug-likeness (QED) is 0.587. The lowest BCUT2D eigenvalue weighted by Gasteiger charge is -2.23. The molecule has 1 aromatic carbocycles. The van der Waals surface area contributed by atoms with Gasteiger partial charge >= 0.3 is 0 Å². The van der Waals surface area contributed by atoms with Gasteiger partial charge in [0.25, 0.3) is 0 Å². The second-order valence-corrected chi connectivity index (χ2v) is 6.75. The van der Waals surface area contributed by atoms with Crippen molar-refractivity contribution in [2.75, 3.05) is 40.0 Å². The smallest absolute Gasteiger partial charge is 0.240 e. The summed E-state index contributed by atoms with van der Waals surface area (Å²) in [5, 5.41) is 0. The predicted octanol–water partition coefficient (Wildman–Crippen LogP) is 0.253. The Balaban J connectivity index is 2.70. The molecule has 6 heteroatoms. The molecule has 0 radical (unpaired) electrons. The van der Waals surface area contributed by atoms with Gasteiger partial charge in [-0.05, 0) is 18.2 Å². The summed E-state index contributed by atoms with van der Waals surface area (Å²) in [6.07, 6.45) is 0. The molecule has 0 saturated heterocycles. The largest absolute Gasteiger partial charge is 0.399 e. The minimum Gasteiger partial charge on any atom is -0.399 e. The molecule has 0 aliphatic rings. The van der Waals surface area contributed by atoms with Gasteiger partial charge < -0.3 is 10.2 Å². The van der Waals surface area contributed by atoms with Crippen LogP contribution in [0.5, 0.6) is 0 Å². The number of nitrogens with two attached hydrogens (primary N) is 1. The van der Waals surface area contributed by atoms with E-state index >= 15 is 0 Å². The Labute approximate surface area is 103 Å². The number of benzene rings is 1. The SMILES string of the molecule is C[N+](C)(C)CCNS(=O)(=O)c1cccc(N)c1. The van der Waals surface area contributed by atoms with Crippen LogP contribution in [0.15, 0.2) is 29.2 Å². The second kappa shape index (κ2) is 5.03. The summed E-state index contributed by atoms with van der Waals surface area (Å²) in [5.41, 5.74) is 6.00. The van der Waals surface area contributed by atoms with Gasteiger partial charge in [0.1, 0.15) is 0 Å². The summed E-state index contributed by atoms with van der Waals surface area (Å²) < 4.78 is 27.1. The van der Waals surface area contributed by atoms with Gasteiger partial charge in [0, 0.05) is 5.69 Å². The zero-order valence-electron chi connectivity index (χ0n) is 10.5.